The van der Waals surface area contributed by atoms with Crippen molar-refractivity contribution in [3.63, 3.8) is 0 Å². The van der Waals surface area contributed by atoms with Gasteiger partial charge in [0.2, 0.25) is 5.91 Å². The van der Waals surface area contributed by atoms with E-state index < -0.39 is 12.0 Å². The number of benzene rings is 1. The van der Waals surface area contributed by atoms with Gasteiger partial charge in [-0.3, -0.25) is 14.5 Å². The van der Waals surface area contributed by atoms with Gasteiger partial charge in [0, 0.05) is 11.7 Å². The van der Waals surface area contributed by atoms with Gasteiger partial charge < -0.3 is 10.0 Å². The lowest BCUT2D eigenvalue weighted by molar-refractivity contribution is -0.139. The zero-order valence-corrected chi connectivity index (χ0v) is 14.7. The molecular formula is C17H25ClN2O3. The second-order valence-electron chi connectivity index (χ2n) is 5.93. The molecule has 2 atom stereocenters. The molecule has 2 rings (SSSR count). The Morgan fingerprint density at radius 1 is 1.39 bits per heavy atom. The van der Waals surface area contributed by atoms with E-state index in [0.29, 0.717) is 6.54 Å². The summed E-state index contributed by atoms with van der Waals surface area (Å²) in [7, 11) is 0. The minimum Gasteiger partial charge on any atom is -0.480 e. The predicted octanol–water partition coefficient (Wildman–Crippen LogP) is 2.57. The lowest BCUT2D eigenvalue weighted by Crippen LogP contribution is -2.50. The molecule has 0 saturated carbocycles. The highest BCUT2D eigenvalue weighted by molar-refractivity contribution is 5.99. The molecule has 0 saturated heterocycles. The van der Waals surface area contributed by atoms with Gasteiger partial charge in [-0.05, 0) is 44.9 Å². The van der Waals surface area contributed by atoms with E-state index in [0.717, 1.165) is 18.5 Å². The van der Waals surface area contributed by atoms with E-state index in [2.05, 4.69) is 0 Å². The molecule has 1 amide bonds. The van der Waals surface area contributed by atoms with Gasteiger partial charge in [-0.25, -0.2) is 0 Å². The Bertz CT molecular complexity index is 565. The summed E-state index contributed by atoms with van der Waals surface area (Å²) in [6.45, 7) is 6.31. The van der Waals surface area contributed by atoms with Gasteiger partial charge in [-0.15, -0.1) is 12.4 Å². The Balaban J connectivity index is 0.00000264. The van der Waals surface area contributed by atoms with Crippen LogP contribution in [0.2, 0.25) is 0 Å². The van der Waals surface area contributed by atoms with Gasteiger partial charge in [-0.1, -0.05) is 25.1 Å². The first-order valence-electron chi connectivity index (χ1n) is 7.82. The maximum Gasteiger partial charge on any atom is 0.317 e. The van der Waals surface area contributed by atoms with Crippen molar-refractivity contribution in [2.45, 2.75) is 45.7 Å². The molecular weight excluding hydrogens is 316 g/mol. The highest BCUT2D eigenvalue weighted by Crippen LogP contribution is 2.32. The minimum absolute atomic E-state index is 0. The van der Waals surface area contributed by atoms with Crippen molar-refractivity contribution in [1.82, 2.24) is 4.90 Å². The first kappa shape index (κ1) is 19.5. The second-order valence-corrected chi connectivity index (χ2v) is 5.93. The number of hydrogen-bond acceptors (Lipinski definition) is 3. The standard InChI is InChI=1S/C17H24N2O3.ClH/c1-4-9-18(11-16(20)21)13(3)17(22)19-12(2)10-14-7-5-6-8-15(14)19;/h5-8,12-13H,4,9-11H2,1-3H3,(H,20,21);1H. The summed E-state index contributed by atoms with van der Waals surface area (Å²) in [5.41, 5.74) is 2.13. The number of para-hydroxylation sites is 1. The summed E-state index contributed by atoms with van der Waals surface area (Å²) in [4.78, 5) is 27.5. The van der Waals surface area contributed by atoms with Gasteiger partial charge in [-0.2, -0.15) is 0 Å². The van der Waals surface area contributed by atoms with Crippen molar-refractivity contribution in [3.8, 4) is 0 Å². The Morgan fingerprint density at radius 2 is 2.04 bits per heavy atom. The molecule has 1 heterocycles. The van der Waals surface area contributed by atoms with Gasteiger partial charge in [0.15, 0.2) is 0 Å². The number of hydrogen-bond donors (Lipinski definition) is 1. The summed E-state index contributed by atoms with van der Waals surface area (Å²) < 4.78 is 0. The molecule has 1 aliphatic rings. The average Bonchev–Trinajstić information content (AvgIpc) is 2.80. The Kier molecular flexibility index (Phi) is 7.03. The maximum atomic E-state index is 12.9. The molecule has 0 spiro atoms. The number of carbonyl (C=O) groups is 2. The van der Waals surface area contributed by atoms with Crippen LogP contribution in [-0.4, -0.2) is 47.1 Å². The van der Waals surface area contributed by atoms with Crippen molar-refractivity contribution in [3.05, 3.63) is 29.8 Å². The Morgan fingerprint density at radius 3 is 2.65 bits per heavy atom. The molecule has 0 aromatic heterocycles. The van der Waals surface area contributed by atoms with Crippen LogP contribution in [0.3, 0.4) is 0 Å². The van der Waals surface area contributed by atoms with E-state index >= 15 is 0 Å². The van der Waals surface area contributed by atoms with Gasteiger partial charge in [0.25, 0.3) is 0 Å². The molecule has 1 aromatic rings. The monoisotopic (exact) mass is 340 g/mol. The normalized spacial score (nSPS) is 17.6. The highest BCUT2D eigenvalue weighted by atomic mass is 35.5. The number of carboxylic acid groups (broad SMARTS) is 1. The van der Waals surface area contributed by atoms with E-state index in [1.807, 2.05) is 43.0 Å². The molecule has 5 nitrogen and oxygen atoms in total. The van der Waals surface area contributed by atoms with E-state index in [9.17, 15) is 9.59 Å². The largest absolute Gasteiger partial charge is 0.480 e. The lowest BCUT2D eigenvalue weighted by Gasteiger charge is -2.32. The molecule has 0 aliphatic carbocycles. The van der Waals surface area contributed by atoms with Crippen molar-refractivity contribution in [2.24, 2.45) is 0 Å². The van der Waals surface area contributed by atoms with Gasteiger partial charge in [0.05, 0.1) is 12.6 Å². The molecule has 1 aromatic carbocycles. The van der Waals surface area contributed by atoms with Crippen LogP contribution < -0.4 is 4.90 Å². The Hall–Kier alpha value is -1.59. The molecule has 2 unspecified atom stereocenters. The topological polar surface area (TPSA) is 60.9 Å². The molecule has 1 N–H and O–H groups in total. The quantitative estimate of drug-likeness (QED) is 0.864. The summed E-state index contributed by atoms with van der Waals surface area (Å²) in [5.74, 6) is -0.921. The number of rotatable bonds is 6. The number of aliphatic carboxylic acids is 1. The summed E-state index contributed by atoms with van der Waals surface area (Å²) in [6.07, 6.45) is 1.67. The van der Waals surface area contributed by atoms with E-state index in [-0.39, 0.29) is 30.9 Å². The van der Waals surface area contributed by atoms with Crippen LogP contribution in [-0.2, 0) is 16.0 Å². The fourth-order valence-electron chi connectivity index (χ4n) is 3.13. The van der Waals surface area contributed by atoms with Crippen LogP contribution in [0.15, 0.2) is 24.3 Å². The third-order valence-electron chi connectivity index (χ3n) is 4.20. The number of amides is 1. The minimum atomic E-state index is -0.900. The highest BCUT2D eigenvalue weighted by Gasteiger charge is 2.35. The van der Waals surface area contributed by atoms with Crippen LogP contribution in [0, 0.1) is 0 Å². The fourth-order valence-corrected chi connectivity index (χ4v) is 3.13. The summed E-state index contributed by atoms with van der Waals surface area (Å²) >= 11 is 0. The van der Waals surface area contributed by atoms with E-state index in [1.54, 1.807) is 11.8 Å². The number of fused-ring (bicyclic) bond motifs is 1. The summed E-state index contributed by atoms with van der Waals surface area (Å²) in [6, 6.07) is 7.60. The smallest absolute Gasteiger partial charge is 0.317 e. The SMILES string of the molecule is CCCN(CC(=O)O)C(C)C(=O)N1c2ccccc2CC1C.Cl. The molecule has 128 valence electrons. The molecule has 1 aliphatic heterocycles. The van der Waals surface area contributed by atoms with E-state index in [4.69, 9.17) is 5.11 Å². The fraction of sp³-hybridized carbons (Fsp3) is 0.529. The molecule has 0 radical (unpaired) electrons. The summed E-state index contributed by atoms with van der Waals surface area (Å²) in [5, 5.41) is 9.05. The maximum absolute atomic E-state index is 12.9. The number of carboxylic acids is 1. The van der Waals surface area contributed by atoms with Crippen molar-refractivity contribution in [1.29, 1.82) is 0 Å². The third kappa shape index (κ3) is 4.24. The zero-order valence-electron chi connectivity index (χ0n) is 13.9. The number of halogens is 1. The Labute approximate surface area is 143 Å². The number of nitrogens with zero attached hydrogens (tertiary/aromatic N) is 2. The van der Waals surface area contributed by atoms with Crippen LogP contribution >= 0.6 is 12.4 Å². The molecule has 0 bridgehead atoms. The van der Waals surface area contributed by atoms with Crippen LogP contribution in [0.5, 0.6) is 0 Å². The van der Waals surface area contributed by atoms with Crippen LogP contribution in [0.25, 0.3) is 0 Å². The molecule has 6 heteroatoms. The zero-order chi connectivity index (χ0) is 16.3. The number of anilines is 1. The third-order valence-corrected chi connectivity index (χ3v) is 4.20. The van der Waals surface area contributed by atoms with Crippen molar-refractivity contribution in [2.75, 3.05) is 18.0 Å². The predicted molar refractivity (Wildman–Crippen MR) is 93.3 cm³/mol. The second kappa shape index (κ2) is 8.31. The molecule has 23 heavy (non-hydrogen) atoms. The van der Waals surface area contributed by atoms with Crippen molar-refractivity contribution < 1.29 is 14.7 Å². The number of carbonyl (C=O) groups excluding carboxylic acids is 1. The molecule has 0 fully saturated rings. The van der Waals surface area contributed by atoms with Crippen molar-refractivity contribution >= 4 is 30.0 Å². The van der Waals surface area contributed by atoms with Crippen LogP contribution in [0.1, 0.15) is 32.8 Å². The van der Waals surface area contributed by atoms with Crippen LogP contribution in [0.4, 0.5) is 5.69 Å². The average molecular weight is 341 g/mol. The lowest BCUT2D eigenvalue weighted by atomic mass is 10.1. The van der Waals surface area contributed by atoms with Gasteiger partial charge in [0.1, 0.15) is 0 Å². The van der Waals surface area contributed by atoms with E-state index in [1.165, 1.54) is 5.56 Å². The first-order chi connectivity index (χ1) is 10.5. The first-order valence-corrected chi connectivity index (χ1v) is 7.82. The van der Waals surface area contributed by atoms with Gasteiger partial charge >= 0.3 is 5.97 Å².